The van der Waals surface area contributed by atoms with Gasteiger partial charge in [-0.15, -0.1) is 23.7 Å². The summed E-state index contributed by atoms with van der Waals surface area (Å²) in [6, 6.07) is 12.0. The molecule has 1 heterocycles. The van der Waals surface area contributed by atoms with Gasteiger partial charge in [0.1, 0.15) is 18.5 Å². The highest BCUT2D eigenvalue weighted by atomic mass is 79.9. The van der Waals surface area contributed by atoms with Gasteiger partial charge in [0.2, 0.25) is 0 Å². The molecule has 0 saturated carbocycles. The molecule has 6 heteroatoms. The lowest BCUT2D eigenvalue weighted by molar-refractivity contribution is 0.104. The lowest BCUT2D eigenvalue weighted by Gasteiger charge is -2.17. The van der Waals surface area contributed by atoms with E-state index in [1.54, 1.807) is 11.3 Å². The van der Waals surface area contributed by atoms with Gasteiger partial charge in [0.15, 0.2) is 0 Å². The molecule has 2 atom stereocenters. The van der Waals surface area contributed by atoms with Gasteiger partial charge in [0.25, 0.3) is 0 Å². The van der Waals surface area contributed by atoms with Gasteiger partial charge in [-0.25, -0.2) is 0 Å². The van der Waals surface area contributed by atoms with Gasteiger partial charge in [-0.1, -0.05) is 18.2 Å². The molecule has 116 valence electrons. The van der Waals surface area contributed by atoms with Gasteiger partial charge in [0.05, 0.1) is 4.47 Å². The zero-order valence-electron chi connectivity index (χ0n) is 11.7. The lowest BCUT2D eigenvalue weighted by atomic mass is 10.2. The maximum Gasteiger partial charge on any atom is 0.133 e. The van der Waals surface area contributed by atoms with E-state index >= 15 is 0 Å². The first-order chi connectivity index (χ1) is 9.66. The standard InChI is InChI=1S/C15H18BrNO2S.ClH/c1-11(15-7-4-8-20-15)17-9-12(18)10-19-14-6-3-2-5-13(14)16;/h2-8,11-12,17-18H,9-10H2,1H3;1H. The first-order valence-corrected chi connectivity index (χ1v) is 8.16. The molecule has 3 nitrogen and oxygen atoms in total. The van der Waals surface area contributed by atoms with E-state index < -0.39 is 6.10 Å². The fourth-order valence-electron chi connectivity index (χ4n) is 1.76. The van der Waals surface area contributed by atoms with Gasteiger partial charge in [0, 0.05) is 17.5 Å². The van der Waals surface area contributed by atoms with E-state index in [4.69, 9.17) is 4.74 Å². The number of aliphatic hydroxyl groups is 1. The Labute approximate surface area is 143 Å². The number of benzene rings is 1. The van der Waals surface area contributed by atoms with Crippen molar-refractivity contribution in [1.82, 2.24) is 5.32 Å². The molecule has 0 fully saturated rings. The van der Waals surface area contributed by atoms with E-state index in [9.17, 15) is 5.11 Å². The Hall–Kier alpha value is -0.590. The highest BCUT2D eigenvalue weighted by molar-refractivity contribution is 9.10. The van der Waals surface area contributed by atoms with Crippen LogP contribution in [0, 0.1) is 0 Å². The molecule has 0 amide bonds. The number of para-hydroxylation sites is 1. The van der Waals surface area contributed by atoms with Crippen molar-refractivity contribution in [2.75, 3.05) is 13.2 Å². The molecule has 21 heavy (non-hydrogen) atoms. The van der Waals surface area contributed by atoms with E-state index in [0.29, 0.717) is 6.54 Å². The predicted octanol–water partition coefficient (Wildman–Crippen LogP) is 4.02. The summed E-state index contributed by atoms with van der Waals surface area (Å²) >= 11 is 5.13. The number of thiophene rings is 1. The van der Waals surface area contributed by atoms with Crippen molar-refractivity contribution < 1.29 is 9.84 Å². The quantitative estimate of drug-likeness (QED) is 0.747. The first-order valence-electron chi connectivity index (χ1n) is 6.49. The third-order valence-electron chi connectivity index (χ3n) is 2.90. The van der Waals surface area contributed by atoms with Crippen LogP contribution in [0.2, 0.25) is 0 Å². The second-order valence-corrected chi connectivity index (χ2v) is 6.37. The zero-order valence-corrected chi connectivity index (χ0v) is 14.9. The predicted molar refractivity (Wildman–Crippen MR) is 93.6 cm³/mol. The average Bonchev–Trinajstić information content (AvgIpc) is 2.98. The van der Waals surface area contributed by atoms with E-state index in [0.717, 1.165) is 10.2 Å². The lowest BCUT2D eigenvalue weighted by Crippen LogP contribution is -2.32. The molecule has 0 aliphatic carbocycles. The van der Waals surface area contributed by atoms with Crippen molar-refractivity contribution in [2.45, 2.75) is 19.1 Å². The molecule has 2 N–H and O–H groups in total. The third kappa shape index (κ3) is 5.96. The SMILES string of the molecule is CC(NCC(O)COc1ccccc1Br)c1cccs1.Cl. The van der Waals surface area contributed by atoms with Crippen LogP contribution in [0.5, 0.6) is 5.75 Å². The fourth-order valence-corrected chi connectivity index (χ4v) is 2.92. The molecule has 0 spiro atoms. The van der Waals surface area contributed by atoms with Crippen molar-refractivity contribution in [3.8, 4) is 5.75 Å². The summed E-state index contributed by atoms with van der Waals surface area (Å²) in [6.07, 6.45) is -0.537. The monoisotopic (exact) mass is 391 g/mol. The zero-order chi connectivity index (χ0) is 14.4. The van der Waals surface area contributed by atoms with Crippen molar-refractivity contribution in [3.63, 3.8) is 0 Å². The van der Waals surface area contributed by atoms with Gasteiger partial charge < -0.3 is 15.2 Å². The van der Waals surface area contributed by atoms with E-state index in [1.807, 2.05) is 30.3 Å². The van der Waals surface area contributed by atoms with Crippen LogP contribution in [0.1, 0.15) is 17.8 Å². The Morgan fingerprint density at radius 2 is 2.05 bits per heavy atom. The molecule has 1 aromatic heterocycles. The van der Waals surface area contributed by atoms with E-state index in [2.05, 4.69) is 39.6 Å². The minimum atomic E-state index is -0.537. The number of aliphatic hydroxyl groups excluding tert-OH is 1. The minimum Gasteiger partial charge on any atom is -0.490 e. The van der Waals surface area contributed by atoms with Gasteiger partial charge in [-0.2, -0.15) is 0 Å². The Morgan fingerprint density at radius 1 is 1.29 bits per heavy atom. The fraction of sp³-hybridized carbons (Fsp3) is 0.333. The Bertz CT molecular complexity index is 524. The number of halogens is 2. The van der Waals surface area contributed by atoms with Crippen molar-refractivity contribution in [1.29, 1.82) is 0 Å². The summed E-state index contributed by atoms with van der Waals surface area (Å²) in [5.74, 6) is 0.748. The number of rotatable bonds is 7. The number of nitrogens with one attached hydrogen (secondary N) is 1. The molecular formula is C15H19BrClNO2S. The second-order valence-electron chi connectivity index (χ2n) is 4.54. The van der Waals surface area contributed by atoms with E-state index in [-0.39, 0.29) is 25.1 Å². The Balaban J connectivity index is 0.00000220. The van der Waals surface area contributed by atoms with Crippen LogP contribution in [-0.4, -0.2) is 24.4 Å². The first kappa shape index (κ1) is 18.5. The largest absolute Gasteiger partial charge is 0.490 e. The maximum absolute atomic E-state index is 9.95. The molecular weight excluding hydrogens is 374 g/mol. The summed E-state index contributed by atoms with van der Waals surface area (Å²) in [6.45, 7) is 2.86. The van der Waals surface area contributed by atoms with Gasteiger partial charge in [-0.3, -0.25) is 0 Å². The van der Waals surface area contributed by atoms with Crippen molar-refractivity contribution >= 4 is 39.7 Å². The summed E-state index contributed by atoms with van der Waals surface area (Å²) in [7, 11) is 0. The number of hydrogen-bond donors (Lipinski definition) is 2. The van der Waals surface area contributed by atoms with Crippen molar-refractivity contribution in [3.05, 3.63) is 51.1 Å². The van der Waals surface area contributed by atoms with Crippen LogP contribution >= 0.6 is 39.7 Å². The van der Waals surface area contributed by atoms with Crippen LogP contribution in [0.3, 0.4) is 0 Å². The topological polar surface area (TPSA) is 41.5 Å². The smallest absolute Gasteiger partial charge is 0.133 e. The van der Waals surface area contributed by atoms with Crippen LogP contribution < -0.4 is 10.1 Å². The highest BCUT2D eigenvalue weighted by Gasteiger charge is 2.10. The van der Waals surface area contributed by atoms with Crippen LogP contribution in [0.25, 0.3) is 0 Å². The molecule has 0 radical (unpaired) electrons. The summed E-state index contributed by atoms with van der Waals surface area (Å²) in [4.78, 5) is 1.27. The summed E-state index contributed by atoms with van der Waals surface area (Å²) < 4.78 is 6.48. The Kier molecular flexibility index (Phi) is 8.29. The van der Waals surface area contributed by atoms with Crippen LogP contribution in [0.4, 0.5) is 0 Å². The third-order valence-corrected chi connectivity index (χ3v) is 4.61. The average molecular weight is 393 g/mol. The van der Waals surface area contributed by atoms with E-state index in [1.165, 1.54) is 4.88 Å². The normalized spacial score (nSPS) is 13.3. The molecule has 0 aliphatic rings. The molecule has 2 aromatic rings. The van der Waals surface area contributed by atoms with Crippen LogP contribution in [-0.2, 0) is 0 Å². The summed E-state index contributed by atoms with van der Waals surface area (Å²) in [5, 5.41) is 15.3. The van der Waals surface area contributed by atoms with Gasteiger partial charge >= 0.3 is 0 Å². The maximum atomic E-state index is 9.95. The van der Waals surface area contributed by atoms with Gasteiger partial charge in [-0.05, 0) is 46.4 Å². The highest BCUT2D eigenvalue weighted by Crippen LogP contribution is 2.23. The second kappa shape index (κ2) is 9.43. The molecule has 2 unspecified atom stereocenters. The number of hydrogen-bond acceptors (Lipinski definition) is 4. The minimum absolute atomic E-state index is 0. The number of ether oxygens (including phenoxy) is 1. The molecule has 2 rings (SSSR count). The molecule has 0 aliphatic heterocycles. The Morgan fingerprint density at radius 3 is 2.71 bits per heavy atom. The van der Waals surface area contributed by atoms with Crippen molar-refractivity contribution in [2.24, 2.45) is 0 Å². The molecule has 1 aromatic carbocycles. The molecule has 0 bridgehead atoms. The molecule has 0 saturated heterocycles. The summed E-state index contributed by atoms with van der Waals surface area (Å²) in [5.41, 5.74) is 0. The van der Waals surface area contributed by atoms with Crippen LogP contribution in [0.15, 0.2) is 46.3 Å².